The molecule has 1 fully saturated rings. The van der Waals surface area contributed by atoms with Crippen LogP contribution in [-0.2, 0) is 10.2 Å². The normalized spacial score (nSPS) is 18.9. The number of amides is 1. The lowest BCUT2D eigenvalue weighted by atomic mass is 9.60. The van der Waals surface area contributed by atoms with Crippen molar-refractivity contribution < 1.29 is 18.5 Å². The Kier molecular flexibility index (Phi) is 3.43. The molecule has 6 nitrogen and oxygen atoms in total. The number of carbonyl (C=O) groups is 1. The first kappa shape index (κ1) is 14.3. The molecule has 1 aromatic rings. The van der Waals surface area contributed by atoms with Crippen molar-refractivity contribution in [2.24, 2.45) is 5.84 Å². The highest BCUT2D eigenvalue weighted by Crippen LogP contribution is 2.55. The van der Waals surface area contributed by atoms with Crippen molar-refractivity contribution in [2.45, 2.75) is 30.6 Å². The average molecular weight is 285 g/mol. The molecule has 20 heavy (non-hydrogen) atoms. The Labute approximate surface area is 113 Å². The van der Waals surface area contributed by atoms with Crippen molar-refractivity contribution in [3.8, 4) is 0 Å². The fourth-order valence-corrected chi connectivity index (χ4v) is 2.68. The molecule has 2 rings (SSSR count). The molecular formula is C12H13F2N3O3. The van der Waals surface area contributed by atoms with Gasteiger partial charge in [0.1, 0.15) is 0 Å². The van der Waals surface area contributed by atoms with Crippen LogP contribution < -0.4 is 11.3 Å². The zero-order valence-corrected chi connectivity index (χ0v) is 10.4. The first-order chi connectivity index (χ1) is 9.28. The average Bonchev–Trinajstić information content (AvgIpc) is 2.36. The second-order valence-corrected chi connectivity index (χ2v) is 5.04. The number of halogens is 2. The molecule has 0 bridgehead atoms. The van der Waals surface area contributed by atoms with Gasteiger partial charge in [-0.1, -0.05) is 12.1 Å². The molecule has 1 saturated carbocycles. The summed E-state index contributed by atoms with van der Waals surface area (Å²) < 4.78 is 26.5. The summed E-state index contributed by atoms with van der Waals surface area (Å²) >= 11 is 0. The van der Waals surface area contributed by atoms with Crippen molar-refractivity contribution in [1.82, 2.24) is 5.43 Å². The van der Waals surface area contributed by atoms with Gasteiger partial charge in [-0.2, -0.15) is 0 Å². The lowest BCUT2D eigenvalue weighted by molar-refractivity contribution is -0.385. The van der Waals surface area contributed by atoms with Gasteiger partial charge in [0, 0.05) is 36.8 Å². The van der Waals surface area contributed by atoms with Crippen molar-refractivity contribution in [3.63, 3.8) is 0 Å². The lowest BCUT2D eigenvalue weighted by Gasteiger charge is -2.47. The van der Waals surface area contributed by atoms with E-state index < -0.39 is 35.0 Å². The standard InChI is InChI=1S/C12H13F2N3O3/c13-12(14)6-11(7-12,5-10(18)16-15)8-2-1-3-9(4-8)17(19)20/h1-4H,5-7,15H2,(H,16,18). The number of hydrogen-bond donors (Lipinski definition) is 2. The van der Waals surface area contributed by atoms with Crippen LogP contribution in [0, 0.1) is 10.1 Å². The highest BCUT2D eigenvalue weighted by molar-refractivity contribution is 5.77. The highest BCUT2D eigenvalue weighted by atomic mass is 19.3. The van der Waals surface area contributed by atoms with Gasteiger partial charge in [-0.05, 0) is 5.56 Å². The summed E-state index contributed by atoms with van der Waals surface area (Å²) in [6.07, 6.45) is -1.26. The number of carbonyl (C=O) groups excluding carboxylic acids is 1. The van der Waals surface area contributed by atoms with Gasteiger partial charge in [0.15, 0.2) is 0 Å². The Morgan fingerprint density at radius 3 is 2.60 bits per heavy atom. The molecule has 0 aromatic heterocycles. The van der Waals surface area contributed by atoms with Gasteiger partial charge in [-0.15, -0.1) is 0 Å². The largest absolute Gasteiger partial charge is 0.294 e. The number of nitrogens with one attached hydrogen (secondary N) is 1. The van der Waals surface area contributed by atoms with Gasteiger partial charge >= 0.3 is 0 Å². The predicted octanol–water partition coefficient (Wildman–Crippen LogP) is 1.64. The Balaban J connectivity index is 2.35. The van der Waals surface area contributed by atoms with E-state index in [9.17, 15) is 23.7 Å². The molecule has 1 aromatic carbocycles. The van der Waals surface area contributed by atoms with E-state index in [1.165, 1.54) is 24.3 Å². The van der Waals surface area contributed by atoms with Gasteiger partial charge in [-0.3, -0.25) is 20.3 Å². The maximum Gasteiger partial charge on any atom is 0.269 e. The molecule has 108 valence electrons. The Hall–Kier alpha value is -2.09. The van der Waals surface area contributed by atoms with Crippen LogP contribution in [0.3, 0.4) is 0 Å². The summed E-state index contributed by atoms with van der Waals surface area (Å²) in [5.41, 5.74) is 0.980. The third-order valence-electron chi connectivity index (χ3n) is 3.52. The van der Waals surface area contributed by atoms with Crippen LogP contribution in [0.4, 0.5) is 14.5 Å². The topological polar surface area (TPSA) is 98.3 Å². The molecule has 0 radical (unpaired) electrons. The molecule has 1 amide bonds. The molecule has 3 N–H and O–H groups in total. The second kappa shape index (κ2) is 4.78. The number of hydrogen-bond acceptors (Lipinski definition) is 4. The van der Waals surface area contributed by atoms with Crippen molar-refractivity contribution >= 4 is 11.6 Å². The van der Waals surface area contributed by atoms with E-state index in [0.717, 1.165) is 0 Å². The van der Waals surface area contributed by atoms with Gasteiger partial charge in [0.25, 0.3) is 5.69 Å². The van der Waals surface area contributed by atoms with Crippen LogP contribution in [0.15, 0.2) is 24.3 Å². The number of hydrazine groups is 1. The maximum absolute atomic E-state index is 13.2. The first-order valence-electron chi connectivity index (χ1n) is 5.90. The summed E-state index contributed by atoms with van der Waals surface area (Å²) in [4.78, 5) is 21.6. The monoisotopic (exact) mass is 285 g/mol. The molecule has 1 aliphatic carbocycles. The molecule has 0 spiro atoms. The summed E-state index contributed by atoms with van der Waals surface area (Å²) in [7, 11) is 0. The lowest BCUT2D eigenvalue weighted by Crippen LogP contribution is -2.52. The quantitative estimate of drug-likeness (QED) is 0.380. The van der Waals surface area contributed by atoms with Crippen LogP contribution in [0.1, 0.15) is 24.8 Å². The number of benzene rings is 1. The Morgan fingerprint density at radius 1 is 1.45 bits per heavy atom. The molecule has 0 saturated heterocycles. The number of nitrogens with zero attached hydrogens (tertiary/aromatic N) is 1. The van der Waals surface area contributed by atoms with Crippen LogP contribution in [0.5, 0.6) is 0 Å². The third-order valence-corrected chi connectivity index (χ3v) is 3.52. The Morgan fingerprint density at radius 2 is 2.10 bits per heavy atom. The predicted molar refractivity (Wildman–Crippen MR) is 65.9 cm³/mol. The smallest absolute Gasteiger partial charge is 0.269 e. The van der Waals surface area contributed by atoms with Crippen molar-refractivity contribution in [2.75, 3.05) is 0 Å². The van der Waals surface area contributed by atoms with Gasteiger partial charge in [0.2, 0.25) is 11.8 Å². The number of non-ortho nitro benzene ring substituents is 1. The van der Waals surface area contributed by atoms with Gasteiger partial charge in [0.05, 0.1) is 4.92 Å². The molecule has 1 aliphatic rings. The number of rotatable bonds is 4. The minimum absolute atomic E-state index is 0.190. The van der Waals surface area contributed by atoms with E-state index >= 15 is 0 Å². The zero-order valence-electron chi connectivity index (χ0n) is 10.4. The number of nitrogens with two attached hydrogens (primary N) is 1. The summed E-state index contributed by atoms with van der Waals surface area (Å²) in [5, 5.41) is 10.8. The highest BCUT2D eigenvalue weighted by Gasteiger charge is 2.58. The molecule has 0 aliphatic heterocycles. The first-order valence-corrected chi connectivity index (χ1v) is 5.90. The minimum atomic E-state index is -2.86. The van der Waals surface area contributed by atoms with Crippen molar-refractivity contribution in [1.29, 1.82) is 0 Å². The minimum Gasteiger partial charge on any atom is -0.294 e. The van der Waals surface area contributed by atoms with Crippen LogP contribution in [-0.4, -0.2) is 16.8 Å². The van der Waals surface area contributed by atoms with Crippen LogP contribution >= 0.6 is 0 Å². The van der Waals surface area contributed by atoms with E-state index in [4.69, 9.17) is 5.84 Å². The Bertz CT molecular complexity index is 555. The molecule has 0 atom stereocenters. The maximum atomic E-state index is 13.2. The van der Waals surface area contributed by atoms with Crippen LogP contribution in [0.2, 0.25) is 0 Å². The fourth-order valence-electron chi connectivity index (χ4n) is 2.68. The van der Waals surface area contributed by atoms with Gasteiger partial charge in [-0.25, -0.2) is 14.6 Å². The summed E-state index contributed by atoms with van der Waals surface area (Å²) in [6.45, 7) is 0. The third kappa shape index (κ3) is 2.60. The number of alkyl halides is 2. The van der Waals surface area contributed by atoms with Crippen LogP contribution in [0.25, 0.3) is 0 Å². The van der Waals surface area contributed by atoms with E-state index in [-0.39, 0.29) is 12.1 Å². The van der Waals surface area contributed by atoms with E-state index in [2.05, 4.69) is 0 Å². The van der Waals surface area contributed by atoms with E-state index in [0.29, 0.717) is 5.56 Å². The SMILES string of the molecule is NNC(=O)CC1(c2cccc([N+](=O)[O-])c2)CC(F)(F)C1. The molecule has 0 heterocycles. The molecule has 0 unspecified atom stereocenters. The van der Waals surface area contributed by atoms with E-state index in [1.807, 2.05) is 5.43 Å². The second-order valence-electron chi connectivity index (χ2n) is 5.04. The number of nitro benzene ring substituents is 1. The van der Waals surface area contributed by atoms with Gasteiger partial charge < -0.3 is 0 Å². The summed E-state index contributed by atoms with van der Waals surface area (Å²) in [6, 6.07) is 5.45. The fraction of sp³-hybridized carbons (Fsp3) is 0.417. The number of nitro groups is 1. The van der Waals surface area contributed by atoms with Crippen molar-refractivity contribution in [3.05, 3.63) is 39.9 Å². The molecule has 8 heteroatoms. The van der Waals surface area contributed by atoms with E-state index in [1.54, 1.807) is 0 Å². The summed E-state index contributed by atoms with van der Waals surface area (Å²) in [5.74, 6) is 1.55. The zero-order chi connectivity index (χ0) is 15.0. The molecular weight excluding hydrogens is 272 g/mol.